The number of fused-ring (bicyclic) bond motifs is 9. The quantitative estimate of drug-likeness (QED) is 0.175. The van der Waals surface area contributed by atoms with Gasteiger partial charge in [0, 0.05) is 29.7 Å². The summed E-state index contributed by atoms with van der Waals surface area (Å²) in [4.78, 5) is 1.31. The Kier molecular flexibility index (Phi) is 5.97. The van der Waals surface area contributed by atoms with Crippen molar-refractivity contribution in [1.29, 1.82) is 0 Å². The summed E-state index contributed by atoms with van der Waals surface area (Å²) in [7, 11) is 0. The van der Waals surface area contributed by atoms with Gasteiger partial charge in [-0.2, -0.15) is 0 Å². The predicted molar refractivity (Wildman–Crippen MR) is 219 cm³/mol. The Hall–Kier alpha value is -5.32. The van der Waals surface area contributed by atoms with Crippen molar-refractivity contribution in [3.63, 3.8) is 0 Å². The fourth-order valence-electron chi connectivity index (χ4n) is 7.43. The first-order chi connectivity index (χ1) is 24.2. The highest BCUT2D eigenvalue weighted by Gasteiger charge is 2.15. The van der Waals surface area contributed by atoms with Crippen LogP contribution >= 0.6 is 34.0 Å². The number of rotatable bonds is 3. The van der Waals surface area contributed by atoms with Gasteiger partial charge in [0.2, 0.25) is 0 Å². The molecule has 8 aromatic carbocycles. The molecule has 0 aliphatic carbocycles. The summed E-state index contributed by atoms with van der Waals surface area (Å²) < 4.78 is 6.89. The Labute approximate surface area is 294 Å². The van der Waals surface area contributed by atoms with Crippen LogP contribution in [0.1, 0.15) is 0 Å². The van der Waals surface area contributed by atoms with E-state index < -0.39 is 0 Å². The second-order valence-electron chi connectivity index (χ2n) is 13.0. The molecule has 228 valence electrons. The lowest BCUT2D eigenvalue weighted by atomic mass is 9.97. The third-order valence-corrected chi connectivity index (χ3v) is 13.6. The van der Waals surface area contributed by atoms with Crippen LogP contribution in [-0.2, 0) is 0 Å². The van der Waals surface area contributed by atoms with E-state index in [2.05, 4.69) is 158 Å². The summed E-state index contributed by atoms with van der Waals surface area (Å²) in [5.74, 6) is 0. The molecule has 0 N–H and O–H groups in total. The van der Waals surface area contributed by atoms with Crippen LogP contribution in [0.2, 0.25) is 0 Å². The Morgan fingerprint density at radius 3 is 1.45 bits per heavy atom. The van der Waals surface area contributed by atoms with E-state index in [4.69, 9.17) is 0 Å². The minimum Gasteiger partial charge on any atom is -0.135 e. The molecule has 0 nitrogen and oxygen atoms in total. The topological polar surface area (TPSA) is 0 Å². The summed E-state index contributed by atoms with van der Waals surface area (Å²) in [6.07, 6.45) is 0. The molecular weight excluding hydrogens is 649 g/mol. The van der Waals surface area contributed by atoms with E-state index >= 15 is 0 Å². The van der Waals surface area contributed by atoms with Crippen LogP contribution in [0.15, 0.2) is 158 Å². The molecule has 0 atom stereocenters. The molecule has 0 unspecified atom stereocenters. The van der Waals surface area contributed by atoms with Crippen molar-refractivity contribution >= 4 is 106 Å². The smallest absolute Gasteiger partial charge is 0.0542 e. The summed E-state index contributed by atoms with van der Waals surface area (Å²) >= 11 is 5.74. The number of hydrogen-bond acceptors (Lipinski definition) is 3. The van der Waals surface area contributed by atoms with Crippen LogP contribution in [0.5, 0.6) is 0 Å². The average molecular weight is 675 g/mol. The molecule has 0 fully saturated rings. The van der Waals surface area contributed by atoms with Crippen molar-refractivity contribution in [3.05, 3.63) is 158 Å². The molecule has 0 aliphatic rings. The predicted octanol–water partition coefficient (Wildman–Crippen LogP) is 14.9. The highest BCUT2D eigenvalue weighted by molar-refractivity contribution is 7.36. The Morgan fingerprint density at radius 1 is 0.265 bits per heavy atom. The zero-order valence-electron chi connectivity index (χ0n) is 26.2. The summed E-state index contributed by atoms with van der Waals surface area (Å²) in [5, 5.41) is 11.8. The molecule has 0 saturated carbocycles. The molecule has 49 heavy (non-hydrogen) atoms. The minimum absolute atomic E-state index is 1.25. The molecule has 3 aromatic heterocycles. The van der Waals surface area contributed by atoms with Gasteiger partial charge in [-0.25, -0.2) is 0 Å². The average Bonchev–Trinajstić information content (AvgIpc) is 3.84. The lowest BCUT2D eigenvalue weighted by Crippen LogP contribution is -1.82. The third-order valence-electron chi connectivity index (χ3n) is 9.99. The van der Waals surface area contributed by atoms with E-state index in [1.165, 1.54) is 105 Å². The van der Waals surface area contributed by atoms with Gasteiger partial charge in [0.25, 0.3) is 0 Å². The van der Waals surface area contributed by atoms with E-state index in [9.17, 15) is 0 Å². The van der Waals surface area contributed by atoms with Gasteiger partial charge in [-0.15, -0.1) is 34.0 Å². The maximum absolute atomic E-state index is 2.42. The number of thiophene rings is 3. The maximum Gasteiger partial charge on any atom is 0.0542 e. The molecule has 0 spiro atoms. The third kappa shape index (κ3) is 4.47. The van der Waals surface area contributed by atoms with Gasteiger partial charge in [0.15, 0.2) is 0 Å². The zero-order valence-corrected chi connectivity index (χ0v) is 28.7. The van der Waals surface area contributed by atoms with Gasteiger partial charge in [-0.05, 0) is 120 Å². The van der Waals surface area contributed by atoms with Gasteiger partial charge in [-0.3, -0.25) is 0 Å². The molecule has 0 saturated heterocycles. The monoisotopic (exact) mass is 674 g/mol. The van der Waals surface area contributed by atoms with Gasteiger partial charge < -0.3 is 0 Å². The van der Waals surface area contributed by atoms with Crippen LogP contribution in [0.4, 0.5) is 0 Å². The molecule has 11 aromatic rings. The summed E-state index contributed by atoms with van der Waals surface area (Å²) in [6.45, 7) is 0. The largest absolute Gasteiger partial charge is 0.135 e. The highest BCUT2D eigenvalue weighted by atomic mass is 32.1. The maximum atomic E-state index is 2.42. The molecule has 11 rings (SSSR count). The Balaban J connectivity index is 0.953. The molecule has 0 radical (unpaired) electrons. The second kappa shape index (κ2) is 10.6. The van der Waals surface area contributed by atoms with Crippen molar-refractivity contribution in [1.82, 2.24) is 0 Å². The fraction of sp³-hybridized carbons (Fsp3) is 0. The van der Waals surface area contributed by atoms with Crippen LogP contribution in [-0.4, -0.2) is 0 Å². The Morgan fingerprint density at radius 2 is 0.755 bits per heavy atom. The normalized spacial score (nSPS) is 12.1. The van der Waals surface area contributed by atoms with E-state index in [0.717, 1.165) is 0 Å². The van der Waals surface area contributed by atoms with Crippen molar-refractivity contribution in [2.45, 2.75) is 0 Å². The van der Waals surface area contributed by atoms with Crippen molar-refractivity contribution in [3.8, 4) is 32.7 Å². The first-order valence-corrected chi connectivity index (χ1v) is 19.0. The van der Waals surface area contributed by atoms with Gasteiger partial charge in [0.1, 0.15) is 0 Å². The van der Waals surface area contributed by atoms with Crippen molar-refractivity contribution in [2.75, 3.05) is 0 Å². The lowest BCUT2D eigenvalue weighted by Gasteiger charge is -2.08. The zero-order chi connectivity index (χ0) is 32.1. The van der Waals surface area contributed by atoms with Crippen molar-refractivity contribution in [2.24, 2.45) is 0 Å². The number of hydrogen-bond donors (Lipinski definition) is 0. The molecule has 0 bridgehead atoms. The van der Waals surface area contributed by atoms with E-state index in [-0.39, 0.29) is 0 Å². The van der Waals surface area contributed by atoms with E-state index in [0.29, 0.717) is 0 Å². The van der Waals surface area contributed by atoms with Crippen LogP contribution in [0.25, 0.3) is 105 Å². The van der Waals surface area contributed by atoms with Gasteiger partial charge in [0.05, 0.1) is 9.40 Å². The minimum atomic E-state index is 1.25. The van der Waals surface area contributed by atoms with Crippen LogP contribution in [0, 0.1) is 0 Å². The fourth-order valence-corrected chi connectivity index (χ4v) is 11.2. The summed E-state index contributed by atoms with van der Waals surface area (Å²) in [5.41, 5.74) is 6.30. The van der Waals surface area contributed by atoms with Gasteiger partial charge in [-0.1, -0.05) is 103 Å². The lowest BCUT2D eigenvalue weighted by molar-refractivity contribution is 1.66. The second-order valence-corrected chi connectivity index (χ2v) is 16.2. The first-order valence-electron chi connectivity index (χ1n) is 16.6. The van der Waals surface area contributed by atoms with E-state index in [1.54, 1.807) is 0 Å². The Bertz CT molecular complexity index is 3100. The van der Waals surface area contributed by atoms with Crippen molar-refractivity contribution < 1.29 is 0 Å². The number of benzene rings is 8. The SMILES string of the molecule is c1ccc(-c2ccc3cc(-c4ccc5cc(-c6ccc7cc8sc9c%10cc%11ccccc%11cc%10sc9c8cc7c6)ccc5c4)sc3c2)cc1. The van der Waals surface area contributed by atoms with E-state index in [1.807, 2.05) is 34.0 Å². The highest BCUT2D eigenvalue weighted by Crippen LogP contribution is 2.46. The summed E-state index contributed by atoms with van der Waals surface area (Å²) in [6, 6.07) is 58.8. The molecule has 0 amide bonds. The van der Waals surface area contributed by atoms with Crippen LogP contribution in [0.3, 0.4) is 0 Å². The van der Waals surface area contributed by atoms with Crippen LogP contribution < -0.4 is 0 Å². The molecular formula is C46H26S3. The molecule has 0 aliphatic heterocycles. The molecule has 3 heteroatoms. The first kappa shape index (κ1) is 27.6. The standard InChI is InChI=1S/C46H26S3/c1-2-6-27(7-3-1)34-15-17-37-26-42(47-41(37)23-34)36-16-14-31-18-30(10-11-32(31)19-36)33-12-13-35-25-44-40(22-38(35)20-33)46-45(49-44)39-21-28-8-4-5-9-29(28)24-43(39)48-46/h1-26H. The van der Waals surface area contributed by atoms with Gasteiger partial charge >= 0.3 is 0 Å². The molecule has 3 heterocycles.